The minimum Gasteiger partial charge on any atom is -0.332 e. The number of anilines is 1. The van der Waals surface area contributed by atoms with E-state index in [4.69, 9.17) is 12.2 Å². The Labute approximate surface area is 153 Å². The van der Waals surface area contributed by atoms with Gasteiger partial charge in [0.15, 0.2) is 4.77 Å². The average Bonchev–Trinajstić information content (AvgIpc) is 2.65. The van der Waals surface area contributed by atoms with Gasteiger partial charge in [0.05, 0.1) is 16.4 Å². The molecule has 4 aromatic rings. The van der Waals surface area contributed by atoms with Crippen molar-refractivity contribution in [2.75, 3.05) is 5.32 Å². The number of benzene rings is 2. The molecule has 0 saturated carbocycles. The lowest BCUT2D eigenvalue weighted by Gasteiger charge is -2.07. The first-order valence-corrected chi connectivity index (χ1v) is 8.34. The molecule has 2 heterocycles. The van der Waals surface area contributed by atoms with Gasteiger partial charge in [-0.3, -0.25) is 14.2 Å². The number of aromatic nitrogens is 3. The molecular formula is C19H14N4O2S. The summed E-state index contributed by atoms with van der Waals surface area (Å²) in [7, 11) is 1.60. The first-order chi connectivity index (χ1) is 12.5. The first kappa shape index (κ1) is 16.2. The van der Waals surface area contributed by atoms with Gasteiger partial charge in [-0.1, -0.05) is 18.2 Å². The number of nitrogens with one attached hydrogen (secondary N) is 2. The molecule has 0 aliphatic carbocycles. The maximum Gasteiger partial charge on any atom is 0.261 e. The number of amides is 1. The standard InChI is InChI=1S/C19H14N4O2S/c1-23-18(25)13-8-6-12(10-15(13)21-19(23)26)17(24)22-16-9-7-11-4-2-3-5-14(11)20-16/h2-10H,1H3,(H,21,26)(H,20,22,24). The number of aromatic amines is 1. The largest absolute Gasteiger partial charge is 0.332 e. The predicted molar refractivity (Wildman–Crippen MR) is 104 cm³/mol. The van der Waals surface area contributed by atoms with E-state index in [0.29, 0.717) is 27.1 Å². The molecule has 7 heteroatoms. The Balaban J connectivity index is 1.70. The number of para-hydroxylation sites is 1. The van der Waals surface area contributed by atoms with Crippen molar-refractivity contribution < 1.29 is 4.79 Å². The van der Waals surface area contributed by atoms with E-state index in [9.17, 15) is 9.59 Å². The zero-order valence-electron chi connectivity index (χ0n) is 13.8. The molecule has 0 aliphatic rings. The Bertz CT molecular complexity index is 1290. The lowest BCUT2D eigenvalue weighted by atomic mass is 10.1. The van der Waals surface area contributed by atoms with Crippen molar-refractivity contribution in [3.63, 3.8) is 0 Å². The molecule has 2 N–H and O–H groups in total. The summed E-state index contributed by atoms with van der Waals surface area (Å²) in [5.74, 6) is 0.153. The molecule has 0 aliphatic heterocycles. The van der Waals surface area contributed by atoms with E-state index < -0.39 is 0 Å². The molecule has 1 amide bonds. The summed E-state index contributed by atoms with van der Waals surface area (Å²) in [6.45, 7) is 0. The molecule has 26 heavy (non-hydrogen) atoms. The van der Waals surface area contributed by atoms with Crippen LogP contribution in [0.5, 0.6) is 0 Å². The quantitative estimate of drug-likeness (QED) is 0.536. The van der Waals surface area contributed by atoms with Gasteiger partial charge in [-0.15, -0.1) is 0 Å². The van der Waals surface area contributed by atoms with Crippen LogP contribution < -0.4 is 10.9 Å². The average molecular weight is 362 g/mol. The van der Waals surface area contributed by atoms with Gasteiger partial charge in [-0.05, 0) is 48.6 Å². The van der Waals surface area contributed by atoms with Crippen LogP contribution in [0.25, 0.3) is 21.8 Å². The number of hydrogen-bond donors (Lipinski definition) is 2. The number of nitrogens with zero attached hydrogens (tertiary/aromatic N) is 2. The van der Waals surface area contributed by atoms with E-state index in [2.05, 4.69) is 15.3 Å². The van der Waals surface area contributed by atoms with Crippen molar-refractivity contribution in [2.45, 2.75) is 0 Å². The van der Waals surface area contributed by atoms with Crippen molar-refractivity contribution in [3.05, 3.63) is 75.3 Å². The van der Waals surface area contributed by atoms with Crippen molar-refractivity contribution in [1.29, 1.82) is 0 Å². The molecule has 128 valence electrons. The third kappa shape index (κ3) is 2.78. The molecule has 4 rings (SSSR count). The van der Waals surface area contributed by atoms with Crippen LogP contribution in [0.15, 0.2) is 59.4 Å². The number of hydrogen-bond acceptors (Lipinski definition) is 4. The number of carbonyl (C=O) groups excluding carboxylic acids is 1. The Hall–Kier alpha value is -3.32. The molecule has 0 bridgehead atoms. The summed E-state index contributed by atoms with van der Waals surface area (Å²) < 4.78 is 1.66. The van der Waals surface area contributed by atoms with Gasteiger partial charge < -0.3 is 10.3 Å². The lowest BCUT2D eigenvalue weighted by Crippen LogP contribution is -2.19. The highest BCUT2D eigenvalue weighted by Crippen LogP contribution is 2.16. The van der Waals surface area contributed by atoms with Gasteiger partial charge in [0, 0.05) is 18.0 Å². The molecule has 0 unspecified atom stereocenters. The van der Waals surface area contributed by atoms with Crippen LogP contribution in [0.4, 0.5) is 5.82 Å². The minimum absolute atomic E-state index is 0.202. The predicted octanol–water partition coefficient (Wildman–Crippen LogP) is 3.40. The topological polar surface area (TPSA) is 79.8 Å². The number of pyridine rings is 1. The van der Waals surface area contributed by atoms with Crippen LogP contribution in [0.3, 0.4) is 0 Å². The van der Waals surface area contributed by atoms with Crippen molar-refractivity contribution >= 4 is 45.7 Å². The van der Waals surface area contributed by atoms with E-state index in [1.807, 2.05) is 30.3 Å². The van der Waals surface area contributed by atoms with Crippen LogP contribution in [0, 0.1) is 4.77 Å². The molecule has 0 radical (unpaired) electrons. The number of H-pyrrole nitrogens is 1. The van der Waals surface area contributed by atoms with E-state index in [1.54, 1.807) is 31.3 Å². The molecule has 6 nitrogen and oxygen atoms in total. The van der Waals surface area contributed by atoms with Crippen LogP contribution in [-0.4, -0.2) is 20.4 Å². The second kappa shape index (κ2) is 6.20. The van der Waals surface area contributed by atoms with Gasteiger partial charge >= 0.3 is 0 Å². The van der Waals surface area contributed by atoms with Crippen molar-refractivity contribution in [3.8, 4) is 0 Å². The minimum atomic E-state index is -0.310. The lowest BCUT2D eigenvalue weighted by molar-refractivity contribution is 0.102. The molecule has 2 aromatic carbocycles. The fraction of sp³-hybridized carbons (Fsp3) is 0.0526. The fourth-order valence-electron chi connectivity index (χ4n) is 2.77. The molecular weight excluding hydrogens is 348 g/mol. The monoisotopic (exact) mass is 362 g/mol. The third-order valence-corrected chi connectivity index (χ3v) is 4.58. The van der Waals surface area contributed by atoms with Crippen molar-refractivity contribution in [2.24, 2.45) is 7.05 Å². The van der Waals surface area contributed by atoms with Crippen molar-refractivity contribution in [1.82, 2.24) is 14.5 Å². The molecule has 0 saturated heterocycles. The SMILES string of the molecule is Cn1c(=S)[nH]c2cc(C(=O)Nc3ccc4ccccc4n3)ccc2c1=O. The fourth-order valence-corrected chi connectivity index (χ4v) is 2.96. The first-order valence-electron chi connectivity index (χ1n) is 7.93. The van der Waals surface area contributed by atoms with Crippen LogP contribution in [0.2, 0.25) is 0 Å². The second-order valence-electron chi connectivity index (χ2n) is 5.90. The Kier molecular flexibility index (Phi) is 3.85. The summed E-state index contributed by atoms with van der Waals surface area (Å²) in [6, 6.07) is 16.2. The maximum atomic E-state index is 12.6. The summed E-state index contributed by atoms with van der Waals surface area (Å²) in [5.41, 5.74) is 1.53. The Morgan fingerprint density at radius 1 is 1.15 bits per heavy atom. The highest BCUT2D eigenvalue weighted by Gasteiger charge is 2.10. The highest BCUT2D eigenvalue weighted by atomic mass is 32.1. The van der Waals surface area contributed by atoms with Gasteiger partial charge in [0.25, 0.3) is 11.5 Å². The zero-order chi connectivity index (χ0) is 18.3. The number of carbonyl (C=O) groups is 1. The normalized spacial score (nSPS) is 11.0. The maximum absolute atomic E-state index is 12.6. The van der Waals surface area contributed by atoms with Crippen LogP contribution >= 0.6 is 12.2 Å². The Morgan fingerprint density at radius 2 is 1.96 bits per heavy atom. The molecule has 0 spiro atoms. The Morgan fingerprint density at radius 3 is 2.81 bits per heavy atom. The van der Waals surface area contributed by atoms with E-state index in [0.717, 1.165) is 10.9 Å². The summed E-state index contributed by atoms with van der Waals surface area (Å²) in [5, 5.41) is 4.26. The summed E-state index contributed by atoms with van der Waals surface area (Å²) >= 11 is 5.12. The molecule has 2 aromatic heterocycles. The number of fused-ring (bicyclic) bond motifs is 2. The van der Waals surface area contributed by atoms with Crippen LogP contribution in [0.1, 0.15) is 10.4 Å². The van der Waals surface area contributed by atoms with Gasteiger partial charge in [0.1, 0.15) is 5.82 Å². The summed E-state index contributed by atoms with van der Waals surface area (Å²) in [4.78, 5) is 32.2. The molecule has 0 fully saturated rings. The van der Waals surface area contributed by atoms with E-state index in [1.165, 1.54) is 4.57 Å². The summed E-state index contributed by atoms with van der Waals surface area (Å²) in [6.07, 6.45) is 0. The molecule has 0 atom stereocenters. The highest BCUT2D eigenvalue weighted by molar-refractivity contribution is 7.71. The van der Waals surface area contributed by atoms with Crippen LogP contribution in [-0.2, 0) is 7.05 Å². The second-order valence-corrected chi connectivity index (χ2v) is 6.28. The van der Waals surface area contributed by atoms with E-state index in [-0.39, 0.29) is 11.5 Å². The third-order valence-electron chi connectivity index (χ3n) is 4.20. The number of rotatable bonds is 2. The smallest absolute Gasteiger partial charge is 0.261 e. The van der Waals surface area contributed by atoms with Gasteiger partial charge in [0.2, 0.25) is 0 Å². The van der Waals surface area contributed by atoms with E-state index >= 15 is 0 Å². The zero-order valence-corrected chi connectivity index (χ0v) is 14.6. The van der Waals surface area contributed by atoms with Gasteiger partial charge in [-0.2, -0.15) is 0 Å². The van der Waals surface area contributed by atoms with Gasteiger partial charge in [-0.25, -0.2) is 4.98 Å².